The number of nitrogens with zero attached hydrogens (tertiary/aromatic N) is 4. The van der Waals surface area contributed by atoms with Crippen molar-refractivity contribution in [2.24, 2.45) is 10.2 Å². The van der Waals surface area contributed by atoms with E-state index < -0.39 is 0 Å². The highest BCUT2D eigenvalue weighted by Crippen LogP contribution is 2.24. The van der Waals surface area contributed by atoms with Gasteiger partial charge in [0.2, 0.25) is 0 Å². The number of hydrazone groups is 1. The van der Waals surface area contributed by atoms with Gasteiger partial charge in [-0.3, -0.25) is 0 Å². The molecule has 110 valence electrons. The Kier molecular flexibility index (Phi) is 6.91. The van der Waals surface area contributed by atoms with Crippen molar-refractivity contribution >= 4 is 29.7 Å². The molecule has 0 aliphatic carbocycles. The predicted molar refractivity (Wildman–Crippen MR) is 88.9 cm³/mol. The Balaban J connectivity index is 2.45. The van der Waals surface area contributed by atoms with Crippen molar-refractivity contribution in [3.05, 3.63) is 59.9 Å². The molecule has 0 saturated carbocycles. The van der Waals surface area contributed by atoms with Crippen LogP contribution in [0.25, 0.3) is 0 Å². The summed E-state index contributed by atoms with van der Waals surface area (Å²) in [6.07, 6.45) is 10.9. The van der Waals surface area contributed by atoms with Gasteiger partial charge in [0, 0.05) is 6.20 Å². The molecule has 5 nitrogen and oxygen atoms in total. The number of benzene rings is 1. The highest BCUT2D eigenvalue weighted by Gasteiger charge is 1.96. The van der Waals surface area contributed by atoms with Gasteiger partial charge in [0.25, 0.3) is 0 Å². The lowest BCUT2D eigenvalue weighted by Gasteiger charge is -2.03. The van der Waals surface area contributed by atoms with Gasteiger partial charge in [-0.05, 0) is 30.4 Å². The largest absolute Gasteiger partial charge is 0.398 e. The Morgan fingerprint density at radius 2 is 2.00 bits per heavy atom. The SMILES string of the molecule is C=[N+](C)N(C)/C=C/C=C\C=C\N=Nc1ccc(N)c(Cl)c1. The van der Waals surface area contributed by atoms with Crippen LogP contribution in [0.2, 0.25) is 5.02 Å². The summed E-state index contributed by atoms with van der Waals surface area (Å²) in [5.41, 5.74) is 6.79. The lowest BCUT2D eigenvalue weighted by atomic mass is 10.3. The van der Waals surface area contributed by atoms with Crippen LogP contribution in [-0.2, 0) is 0 Å². The molecular weight excluding hydrogens is 286 g/mol. The molecule has 0 radical (unpaired) electrons. The first-order valence-electron chi connectivity index (χ1n) is 6.23. The van der Waals surface area contributed by atoms with Crippen molar-refractivity contribution in [3.63, 3.8) is 0 Å². The molecule has 0 aliphatic heterocycles. The minimum absolute atomic E-state index is 0.472. The maximum atomic E-state index is 5.88. The zero-order chi connectivity index (χ0) is 15.7. The Morgan fingerprint density at radius 1 is 1.29 bits per heavy atom. The number of nitrogens with two attached hydrogens (primary N) is 1. The first-order valence-corrected chi connectivity index (χ1v) is 6.61. The Labute approximate surface area is 130 Å². The standard InChI is InChI=1S/C15H19ClN5/c1-20(2)21(3)11-7-5-4-6-10-18-19-13-8-9-15(17)14(16)12-13/h4-12H,1,17H2,2-3H3/q+1/b5-4-,10-6+,11-7+,19-18?. The maximum absolute atomic E-state index is 5.88. The molecule has 0 amide bonds. The quantitative estimate of drug-likeness (QED) is 0.217. The number of azo groups is 1. The van der Waals surface area contributed by atoms with E-state index in [4.69, 9.17) is 17.3 Å². The minimum atomic E-state index is 0.472. The minimum Gasteiger partial charge on any atom is -0.398 e. The molecule has 2 N–H and O–H groups in total. The number of rotatable bonds is 6. The summed E-state index contributed by atoms with van der Waals surface area (Å²) < 4.78 is 1.71. The topological polar surface area (TPSA) is 57.0 Å². The molecule has 0 heterocycles. The van der Waals surface area contributed by atoms with Gasteiger partial charge in [0.05, 0.1) is 29.6 Å². The van der Waals surface area contributed by atoms with Gasteiger partial charge >= 0.3 is 0 Å². The molecule has 0 saturated heterocycles. The van der Waals surface area contributed by atoms with Crippen molar-refractivity contribution in [3.8, 4) is 0 Å². The van der Waals surface area contributed by atoms with Gasteiger partial charge in [-0.15, -0.1) is 4.68 Å². The second kappa shape index (κ2) is 8.71. The van der Waals surface area contributed by atoms with E-state index in [0.29, 0.717) is 16.4 Å². The number of halogens is 1. The van der Waals surface area contributed by atoms with Crippen molar-refractivity contribution in [1.82, 2.24) is 5.01 Å². The van der Waals surface area contributed by atoms with E-state index in [2.05, 4.69) is 16.9 Å². The van der Waals surface area contributed by atoms with Crippen LogP contribution >= 0.6 is 11.6 Å². The summed E-state index contributed by atoms with van der Waals surface area (Å²) >= 11 is 5.88. The van der Waals surface area contributed by atoms with E-state index in [1.165, 1.54) is 0 Å². The van der Waals surface area contributed by atoms with Crippen molar-refractivity contribution in [2.75, 3.05) is 19.8 Å². The van der Waals surface area contributed by atoms with E-state index in [9.17, 15) is 0 Å². The van der Waals surface area contributed by atoms with E-state index in [-0.39, 0.29) is 0 Å². The fourth-order valence-corrected chi connectivity index (χ4v) is 1.36. The number of allylic oxidation sites excluding steroid dienone is 4. The maximum Gasteiger partial charge on any atom is 0.161 e. The van der Waals surface area contributed by atoms with E-state index in [1.807, 2.05) is 43.5 Å². The molecule has 6 heteroatoms. The Morgan fingerprint density at radius 3 is 2.67 bits per heavy atom. The van der Waals surface area contributed by atoms with Crippen LogP contribution in [0.15, 0.2) is 65.1 Å². The lowest BCUT2D eigenvalue weighted by Crippen LogP contribution is -2.20. The van der Waals surface area contributed by atoms with E-state index in [0.717, 1.165) is 0 Å². The van der Waals surface area contributed by atoms with Gasteiger partial charge in [-0.25, -0.2) is 0 Å². The third-order valence-corrected chi connectivity index (χ3v) is 2.81. The summed E-state index contributed by atoms with van der Waals surface area (Å²) in [4.78, 5) is 0. The molecule has 0 aliphatic rings. The Bertz CT molecular complexity index is 602. The van der Waals surface area contributed by atoms with Gasteiger partial charge < -0.3 is 5.73 Å². The van der Waals surface area contributed by atoms with Crippen molar-refractivity contribution in [2.45, 2.75) is 0 Å². The molecular formula is C15H19ClN5+. The van der Waals surface area contributed by atoms with Crippen molar-refractivity contribution in [1.29, 1.82) is 0 Å². The molecule has 21 heavy (non-hydrogen) atoms. The highest BCUT2D eigenvalue weighted by molar-refractivity contribution is 6.33. The number of anilines is 1. The molecule has 0 fully saturated rings. The van der Waals surface area contributed by atoms with Gasteiger partial charge in [-0.2, -0.15) is 15.2 Å². The molecule has 0 spiro atoms. The first kappa shape index (κ1) is 16.7. The van der Waals surface area contributed by atoms with Crippen LogP contribution in [-0.4, -0.2) is 30.5 Å². The van der Waals surface area contributed by atoms with Gasteiger partial charge in [-0.1, -0.05) is 23.8 Å². The second-order valence-electron chi connectivity index (χ2n) is 4.22. The second-order valence-corrected chi connectivity index (χ2v) is 4.63. The lowest BCUT2D eigenvalue weighted by molar-refractivity contribution is -0.639. The van der Waals surface area contributed by atoms with Crippen LogP contribution in [0.4, 0.5) is 11.4 Å². The van der Waals surface area contributed by atoms with Crippen LogP contribution in [0.5, 0.6) is 0 Å². The van der Waals surface area contributed by atoms with Crippen LogP contribution < -0.4 is 5.73 Å². The number of hydrazine groups is 1. The normalized spacial score (nSPS) is 12.1. The van der Waals surface area contributed by atoms with Gasteiger partial charge in [0.1, 0.15) is 0 Å². The first-order chi connectivity index (χ1) is 10.0. The average Bonchev–Trinajstić information content (AvgIpc) is 2.45. The van der Waals surface area contributed by atoms with Crippen molar-refractivity contribution < 1.29 is 4.68 Å². The average molecular weight is 305 g/mol. The third kappa shape index (κ3) is 6.54. The number of hydrogen-bond acceptors (Lipinski definition) is 4. The van der Waals surface area contributed by atoms with Crippen LogP contribution in [0, 0.1) is 0 Å². The zero-order valence-electron chi connectivity index (χ0n) is 12.1. The van der Waals surface area contributed by atoms with Crippen LogP contribution in [0.3, 0.4) is 0 Å². The molecule has 1 rings (SSSR count). The molecule has 1 aromatic carbocycles. The van der Waals surface area contributed by atoms with Crippen LogP contribution in [0.1, 0.15) is 0 Å². The van der Waals surface area contributed by atoms with E-state index >= 15 is 0 Å². The zero-order valence-corrected chi connectivity index (χ0v) is 12.9. The number of nitrogen functional groups attached to an aromatic ring is 1. The summed E-state index contributed by atoms with van der Waals surface area (Å²) in [5.74, 6) is 0. The molecule has 0 atom stereocenters. The fraction of sp³-hybridized carbons (Fsp3) is 0.133. The molecule has 0 unspecified atom stereocenters. The summed E-state index contributed by atoms with van der Waals surface area (Å²) in [6.45, 7) is 3.74. The number of hydrogen-bond donors (Lipinski definition) is 1. The fourth-order valence-electron chi connectivity index (χ4n) is 1.18. The molecule has 0 aromatic heterocycles. The highest BCUT2D eigenvalue weighted by atomic mass is 35.5. The molecule has 0 bridgehead atoms. The molecule has 1 aromatic rings. The summed E-state index contributed by atoms with van der Waals surface area (Å²) in [6, 6.07) is 5.11. The Hall–Kier alpha value is -2.40. The predicted octanol–water partition coefficient (Wildman–Crippen LogP) is 3.78. The van der Waals surface area contributed by atoms with Gasteiger partial charge in [0.15, 0.2) is 13.8 Å². The summed E-state index contributed by atoms with van der Waals surface area (Å²) in [5, 5.41) is 10.2. The summed E-state index contributed by atoms with van der Waals surface area (Å²) in [7, 11) is 3.76. The monoisotopic (exact) mass is 304 g/mol. The van der Waals surface area contributed by atoms with E-state index in [1.54, 1.807) is 35.2 Å². The smallest absolute Gasteiger partial charge is 0.161 e. The third-order valence-electron chi connectivity index (χ3n) is 2.48.